The molecule has 0 saturated carbocycles. The molecule has 5 rings (SSSR count). The van der Waals surface area contributed by atoms with Crippen molar-refractivity contribution in [1.29, 1.82) is 0 Å². The predicted molar refractivity (Wildman–Crippen MR) is 143 cm³/mol. The molecule has 0 N–H and O–H groups in total. The van der Waals surface area contributed by atoms with Gasteiger partial charge in [0, 0.05) is 32.6 Å². The van der Waals surface area contributed by atoms with Gasteiger partial charge in [-0.25, -0.2) is 0 Å². The first kappa shape index (κ1) is 24.3. The molecule has 4 nitrogen and oxygen atoms in total. The molecule has 3 aromatic carbocycles. The van der Waals surface area contributed by atoms with E-state index in [0.29, 0.717) is 24.4 Å². The highest BCUT2D eigenvalue weighted by atomic mass is 16.4. The maximum absolute atomic E-state index is 11.5. The summed E-state index contributed by atoms with van der Waals surface area (Å²) >= 11 is 0. The van der Waals surface area contributed by atoms with Crippen LogP contribution < -0.4 is 0 Å². The largest absolute Gasteiger partial charge is 0.458 e. The molecule has 0 bridgehead atoms. The van der Waals surface area contributed by atoms with Crippen LogP contribution in [-0.4, -0.2) is 11.6 Å². The maximum atomic E-state index is 11.5. The summed E-state index contributed by atoms with van der Waals surface area (Å²) in [5, 5.41) is 0. The maximum Gasteiger partial charge on any atom is 0.194 e. The van der Waals surface area contributed by atoms with Crippen molar-refractivity contribution in [3.63, 3.8) is 0 Å². The molecule has 4 heteroatoms. The second kappa shape index (κ2) is 10.7. The molecule has 2 aromatic heterocycles. The Labute approximate surface area is 216 Å². The number of rotatable bonds is 9. The number of carbonyl (C=O) groups excluding carboxylic acids is 2. The summed E-state index contributed by atoms with van der Waals surface area (Å²) in [4.78, 5) is 23.1. The summed E-state index contributed by atoms with van der Waals surface area (Å²) in [6.07, 6.45) is 1.27. The Hall–Kier alpha value is -4.44. The van der Waals surface area contributed by atoms with Crippen LogP contribution in [0, 0.1) is 0 Å². The van der Waals surface area contributed by atoms with E-state index in [4.69, 9.17) is 8.83 Å². The molecule has 0 amide bonds. The average molecular weight is 489 g/mol. The molecule has 37 heavy (non-hydrogen) atoms. The zero-order chi connectivity index (χ0) is 25.8. The van der Waals surface area contributed by atoms with Gasteiger partial charge in [-0.05, 0) is 52.1 Å². The fourth-order valence-electron chi connectivity index (χ4n) is 4.61. The van der Waals surface area contributed by atoms with Gasteiger partial charge in [0.2, 0.25) is 0 Å². The molecular formula is C33H28O4. The first-order valence-corrected chi connectivity index (χ1v) is 12.4. The second-order valence-electron chi connectivity index (χ2n) is 9.32. The Morgan fingerprint density at radius 3 is 1.32 bits per heavy atom. The molecule has 0 unspecified atom stereocenters. The molecule has 0 aliphatic heterocycles. The van der Waals surface area contributed by atoms with Crippen molar-refractivity contribution >= 4 is 11.6 Å². The van der Waals surface area contributed by atoms with Crippen molar-refractivity contribution in [2.45, 2.75) is 32.6 Å². The Morgan fingerprint density at radius 1 is 0.541 bits per heavy atom. The highest BCUT2D eigenvalue weighted by Crippen LogP contribution is 2.33. The van der Waals surface area contributed by atoms with Gasteiger partial charge in [0.15, 0.2) is 23.1 Å². The van der Waals surface area contributed by atoms with Crippen LogP contribution in [0.15, 0.2) is 112 Å². The molecule has 0 aliphatic carbocycles. The fraction of sp³-hybridized carbons (Fsp3) is 0.152. The predicted octanol–water partition coefficient (Wildman–Crippen LogP) is 7.64. The zero-order valence-electron chi connectivity index (χ0n) is 20.9. The van der Waals surface area contributed by atoms with Gasteiger partial charge in [-0.1, -0.05) is 78.9 Å². The molecule has 2 heterocycles. The third kappa shape index (κ3) is 5.70. The minimum atomic E-state index is -0.0664. The van der Waals surface area contributed by atoms with Crippen molar-refractivity contribution in [2.24, 2.45) is 0 Å². The molecule has 0 aliphatic rings. The molecule has 0 radical (unpaired) electrons. The van der Waals surface area contributed by atoms with Crippen LogP contribution in [0.25, 0.3) is 0 Å². The van der Waals surface area contributed by atoms with Crippen molar-refractivity contribution < 1.29 is 18.4 Å². The SMILES string of the molecule is CC(=O)c1ccc(Cc2ccc(C(c3ccccc3)c3ccc(Cc4ccc(C(C)=O)o4)cc3)cc2)o1. The van der Waals surface area contributed by atoms with Gasteiger partial charge >= 0.3 is 0 Å². The van der Waals surface area contributed by atoms with E-state index in [1.165, 1.54) is 30.5 Å². The van der Waals surface area contributed by atoms with Crippen LogP contribution in [0.4, 0.5) is 0 Å². The van der Waals surface area contributed by atoms with Crippen molar-refractivity contribution in [3.8, 4) is 0 Å². The quantitative estimate of drug-likeness (QED) is 0.158. The van der Waals surface area contributed by atoms with E-state index in [0.717, 1.165) is 22.6 Å². The van der Waals surface area contributed by atoms with Gasteiger partial charge in [-0.2, -0.15) is 0 Å². The number of benzene rings is 3. The number of ketones is 2. The molecule has 5 aromatic rings. The first-order valence-electron chi connectivity index (χ1n) is 12.4. The van der Waals surface area contributed by atoms with Gasteiger partial charge in [-0.3, -0.25) is 9.59 Å². The summed E-state index contributed by atoms with van der Waals surface area (Å²) in [5.74, 6) is 2.30. The summed E-state index contributed by atoms with van der Waals surface area (Å²) in [6.45, 7) is 3.02. The van der Waals surface area contributed by atoms with E-state index >= 15 is 0 Å². The molecule has 0 spiro atoms. The first-order chi connectivity index (χ1) is 18.0. The number of furan rings is 2. The Kier molecular flexibility index (Phi) is 7.00. The lowest BCUT2D eigenvalue weighted by Crippen LogP contribution is -2.04. The summed E-state index contributed by atoms with van der Waals surface area (Å²) < 4.78 is 11.3. The summed E-state index contributed by atoms with van der Waals surface area (Å²) in [6, 6.07) is 34.8. The Bertz CT molecular complexity index is 1410. The monoisotopic (exact) mass is 488 g/mol. The van der Waals surface area contributed by atoms with Gasteiger partial charge in [0.25, 0.3) is 0 Å². The van der Waals surface area contributed by atoms with Crippen LogP contribution in [0.2, 0.25) is 0 Å². The van der Waals surface area contributed by atoms with Crippen LogP contribution in [-0.2, 0) is 12.8 Å². The van der Waals surface area contributed by atoms with E-state index in [9.17, 15) is 9.59 Å². The van der Waals surface area contributed by atoms with Crippen molar-refractivity contribution in [1.82, 2.24) is 0 Å². The van der Waals surface area contributed by atoms with Crippen LogP contribution in [0.1, 0.15) is 80.2 Å². The summed E-state index contributed by atoms with van der Waals surface area (Å²) in [5.41, 5.74) is 5.86. The third-order valence-corrected chi connectivity index (χ3v) is 6.53. The smallest absolute Gasteiger partial charge is 0.194 e. The van der Waals surface area contributed by atoms with Crippen molar-refractivity contribution in [2.75, 3.05) is 0 Å². The Balaban J connectivity index is 1.38. The third-order valence-electron chi connectivity index (χ3n) is 6.53. The lowest BCUT2D eigenvalue weighted by atomic mass is 9.84. The van der Waals surface area contributed by atoms with Gasteiger partial charge in [-0.15, -0.1) is 0 Å². The topological polar surface area (TPSA) is 60.4 Å². The molecule has 184 valence electrons. The summed E-state index contributed by atoms with van der Waals surface area (Å²) in [7, 11) is 0. The highest BCUT2D eigenvalue weighted by molar-refractivity contribution is 5.91. The van der Waals surface area contributed by atoms with Gasteiger partial charge in [0.05, 0.1) is 0 Å². The number of hydrogen-bond acceptors (Lipinski definition) is 4. The van der Waals surface area contributed by atoms with E-state index < -0.39 is 0 Å². The number of carbonyl (C=O) groups is 2. The molecule has 0 fully saturated rings. The average Bonchev–Trinajstić information content (AvgIpc) is 3.57. The van der Waals surface area contributed by atoms with Gasteiger partial charge < -0.3 is 8.83 Å². The van der Waals surface area contributed by atoms with Crippen LogP contribution >= 0.6 is 0 Å². The van der Waals surface area contributed by atoms with E-state index in [-0.39, 0.29) is 17.5 Å². The highest BCUT2D eigenvalue weighted by Gasteiger charge is 2.17. The molecule has 0 atom stereocenters. The fourth-order valence-corrected chi connectivity index (χ4v) is 4.61. The van der Waals surface area contributed by atoms with E-state index in [2.05, 4.69) is 72.8 Å². The van der Waals surface area contributed by atoms with E-state index in [1.807, 2.05) is 18.2 Å². The van der Waals surface area contributed by atoms with Crippen LogP contribution in [0.5, 0.6) is 0 Å². The van der Waals surface area contributed by atoms with E-state index in [1.54, 1.807) is 12.1 Å². The number of Topliss-reactive ketones (excluding diaryl/α,β-unsaturated/α-hetero) is 2. The molecule has 0 saturated heterocycles. The van der Waals surface area contributed by atoms with Gasteiger partial charge in [0.1, 0.15) is 11.5 Å². The normalized spacial score (nSPS) is 11.1. The van der Waals surface area contributed by atoms with Crippen molar-refractivity contribution in [3.05, 3.63) is 154 Å². The standard InChI is InChI=1S/C33H28O4/c1-22(34)31-18-16-29(36-31)20-24-8-12-27(13-9-24)33(26-6-4-3-5-7-26)28-14-10-25(11-15-28)21-30-17-19-32(37-30)23(2)35/h3-19,33H,20-21H2,1-2H3. The minimum absolute atomic E-state index is 0.0664. The zero-order valence-corrected chi connectivity index (χ0v) is 20.9. The number of hydrogen-bond donors (Lipinski definition) is 0. The Morgan fingerprint density at radius 2 is 0.946 bits per heavy atom. The van der Waals surface area contributed by atoms with Crippen LogP contribution in [0.3, 0.4) is 0 Å². The molecular weight excluding hydrogens is 460 g/mol. The second-order valence-corrected chi connectivity index (χ2v) is 9.32. The lowest BCUT2D eigenvalue weighted by molar-refractivity contribution is 0.0978. The minimum Gasteiger partial charge on any atom is -0.458 e. The lowest BCUT2D eigenvalue weighted by Gasteiger charge is -2.19.